The molecule has 26 heavy (non-hydrogen) atoms. The van der Waals surface area contributed by atoms with E-state index >= 15 is 0 Å². The van der Waals surface area contributed by atoms with Crippen LogP contribution in [0, 0.1) is 39.4 Å². The van der Waals surface area contributed by atoms with Crippen molar-refractivity contribution in [3.8, 4) is 0 Å². The fraction of sp³-hybridized carbons (Fsp3) is 0.905. The molecule has 0 aliphatic heterocycles. The molecular weight excluding hydrogens is 330 g/mol. The lowest BCUT2D eigenvalue weighted by Crippen LogP contribution is -2.58. The van der Waals surface area contributed by atoms with Gasteiger partial charge < -0.3 is 5.11 Å². The van der Waals surface area contributed by atoms with Gasteiger partial charge in [0.25, 0.3) is 0 Å². The minimum atomic E-state index is -1.24. The highest BCUT2D eigenvalue weighted by atomic mass is 16.3. The molecule has 5 nitrogen and oxygen atoms in total. The maximum Gasteiger partial charge on any atom is 0.189 e. The van der Waals surface area contributed by atoms with Crippen LogP contribution in [0.4, 0.5) is 0 Å². The topological polar surface area (TPSA) is 83.8 Å². The largest absolute Gasteiger partial charge is 0.388 e. The van der Waals surface area contributed by atoms with Gasteiger partial charge in [-0.05, 0) is 74.0 Å². The molecule has 0 amide bonds. The number of aliphatic hydroxyl groups excluding tert-OH is 1. The van der Waals surface area contributed by atoms with Crippen LogP contribution in [0.1, 0.15) is 71.6 Å². The first kappa shape index (κ1) is 18.3. The Hall–Kier alpha value is -1.10. The molecule has 4 rings (SSSR count). The average molecular weight is 361 g/mol. The molecule has 0 bridgehead atoms. The Morgan fingerprint density at radius 1 is 1.12 bits per heavy atom. The van der Waals surface area contributed by atoms with Gasteiger partial charge in [-0.2, -0.15) is 0 Å². The molecule has 4 aliphatic carbocycles. The van der Waals surface area contributed by atoms with Gasteiger partial charge in [0, 0.05) is 18.3 Å². The number of nitroso groups, excluding NO2 is 1. The molecule has 4 fully saturated rings. The summed E-state index contributed by atoms with van der Waals surface area (Å²) in [7, 11) is 0. The number of carbonyl (C=O) groups is 2. The summed E-state index contributed by atoms with van der Waals surface area (Å²) < 4.78 is 0. The number of ketones is 2. The van der Waals surface area contributed by atoms with Crippen molar-refractivity contribution in [2.24, 2.45) is 39.7 Å². The Kier molecular flexibility index (Phi) is 4.18. The molecule has 0 aromatic rings. The summed E-state index contributed by atoms with van der Waals surface area (Å²) in [6, 6.07) is 0. The highest BCUT2D eigenvalue weighted by Crippen LogP contribution is 2.68. The molecule has 7 atom stereocenters. The first-order valence-electron chi connectivity index (χ1n) is 10.3. The van der Waals surface area contributed by atoms with Crippen molar-refractivity contribution >= 4 is 11.6 Å². The number of fused-ring (bicyclic) bond motifs is 5. The van der Waals surface area contributed by atoms with Crippen molar-refractivity contribution < 1.29 is 14.7 Å². The smallest absolute Gasteiger partial charge is 0.189 e. The van der Waals surface area contributed by atoms with E-state index in [-0.39, 0.29) is 11.2 Å². The predicted octanol–water partition coefficient (Wildman–Crippen LogP) is 3.66. The molecule has 1 N–H and O–H groups in total. The predicted molar refractivity (Wildman–Crippen MR) is 97.4 cm³/mol. The SMILES string of the molecule is CC12CCC(=O)C[C@H]1CCC1C2CCC2(C)C1CC[C@]2(N=O)C(=O)CO. The molecule has 5 unspecified atom stereocenters. The number of Topliss-reactive ketones (excluding diaryl/α,β-unsaturated/α-hetero) is 2. The van der Waals surface area contributed by atoms with Gasteiger partial charge in [0.1, 0.15) is 12.4 Å². The first-order valence-corrected chi connectivity index (χ1v) is 10.3. The summed E-state index contributed by atoms with van der Waals surface area (Å²) in [4.78, 5) is 36.4. The van der Waals surface area contributed by atoms with Crippen LogP contribution in [-0.4, -0.2) is 28.8 Å². The summed E-state index contributed by atoms with van der Waals surface area (Å²) in [5.41, 5.74) is -1.44. The van der Waals surface area contributed by atoms with Crippen LogP contribution in [0.25, 0.3) is 0 Å². The van der Waals surface area contributed by atoms with E-state index in [0.29, 0.717) is 42.3 Å². The average Bonchev–Trinajstić information content (AvgIpc) is 2.95. The quantitative estimate of drug-likeness (QED) is 0.778. The summed E-state index contributed by atoms with van der Waals surface area (Å²) in [5.74, 6) is 1.95. The Morgan fingerprint density at radius 2 is 1.85 bits per heavy atom. The third kappa shape index (κ3) is 2.12. The first-order chi connectivity index (χ1) is 12.3. The number of carbonyl (C=O) groups excluding carboxylic acids is 2. The molecule has 4 saturated carbocycles. The van der Waals surface area contributed by atoms with Crippen LogP contribution in [0.2, 0.25) is 0 Å². The molecule has 0 radical (unpaired) electrons. The molecule has 0 saturated heterocycles. The summed E-state index contributed by atoms with van der Waals surface area (Å²) >= 11 is 0. The van der Waals surface area contributed by atoms with E-state index in [1.165, 1.54) is 0 Å². The number of hydrogen-bond donors (Lipinski definition) is 1. The molecular formula is C21H31NO4. The fourth-order valence-corrected chi connectivity index (χ4v) is 7.85. The van der Waals surface area contributed by atoms with Crippen LogP contribution in [0.3, 0.4) is 0 Å². The van der Waals surface area contributed by atoms with Gasteiger partial charge >= 0.3 is 0 Å². The molecule has 4 aliphatic rings. The lowest BCUT2D eigenvalue weighted by molar-refractivity contribution is -0.146. The molecule has 0 heterocycles. The summed E-state index contributed by atoms with van der Waals surface area (Å²) in [6.45, 7) is 3.88. The van der Waals surface area contributed by atoms with Crippen molar-refractivity contribution in [2.75, 3.05) is 6.61 Å². The molecule has 144 valence electrons. The van der Waals surface area contributed by atoms with Gasteiger partial charge in [0.2, 0.25) is 0 Å². The number of hydrogen-bond acceptors (Lipinski definition) is 5. The van der Waals surface area contributed by atoms with Crippen molar-refractivity contribution in [2.45, 2.75) is 77.2 Å². The molecule has 0 aromatic carbocycles. The highest BCUT2D eigenvalue weighted by molar-refractivity contribution is 5.91. The van der Waals surface area contributed by atoms with Gasteiger partial charge in [-0.25, -0.2) is 0 Å². The monoisotopic (exact) mass is 361 g/mol. The third-order valence-electron chi connectivity index (χ3n) is 9.39. The summed E-state index contributed by atoms with van der Waals surface area (Å²) in [5, 5.41) is 12.9. The second kappa shape index (κ2) is 5.95. The summed E-state index contributed by atoms with van der Waals surface area (Å²) in [6.07, 6.45) is 7.81. The second-order valence-electron chi connectivity index (χ2n) is 9.93. The van der Waals surface area contributed by atoms with E-state index < -0.39 is 17.6 Å². The molecule has 0 aromatic heterocycles. The van der Waals surface area contributed by atoms with Gasteiger partial charge in [-0.1, -0.05) is 19.0 Å². The van der Waals surface area contributed by atoms with Gasteiger partial charge in [0.05, 0.1) is 0 Å². The van der Waals surface area contributed by atoms with Crippen molar-refractivity contribution in [1.29, 1.82) is 0 Å². The highest BCUT2D eigenvalue weighted by Gasteiger charge is 2.68. The van der Waals surface area contributed by atoms with Crippen molar-refractivity contribution in [3.05, 3.63) is 4.91 Å². The zero-order chi connectivity index (χ0) is 18.7. The van der Waals surface area contributed by atoms with Crippen molar-refractivity contribution in [3.63, 3.8) is 0 Å². The van der Waals surface area contributed by atoms with E-state index in [1.54, 1.807) is 0 Å². The Morgan fingerprint density at radius 3 is 2.54 bits per heavy atom. The van der Waals surface area contributed by atoms with Crippen LogP contribution < -0.4 is 0 Å². The second-order valence-corrected chi connectivity index (χ2v) is 9.93. The van der Waals surface area contributed by atoms with E-state index in [2.05, 4.69) is 19.0 Å². The van der Waals surface area contributed by atoms with Crippen LogP contribution in [0.5, 0.6) is 0 Å². The maximum absolute atomic E-state index is 12.5. The standard InChI is InChI=1S/C21H31NO4/c1-19-8-5-14(24)11-13(19)3-4-15-16(19)6-9-20(2)17(15)7-10-21(20,22-26)18(25)12-23/h13,15-17,23H,3-12H2,1-2H3/t13-,15?,16?,17?,19?,20?,21+/m1/s1. The Balaban J connectivity index is 1.67. The van der Waals surface area contributed by atoms with Gasteiger partial charge in [-0.15, -0.1) is 4.91 Å². The van der Waals surface area contributed by atoms with Crippen molar-refractivity contribution in [1.82, 2.24) is 0 Å². The lowest BCUT2D eigenvalue weighted by atomic mass is 9.44. The van der Waals surface area contributed by atoms with Crippen LogP contribution in [-0.2, 0) is 9.59 Å². The van der Waals surface area contributed by atoms with Gasteiger partial charge in [0.15, 0.2) is 11.3 Å². The Bertz CT molecular complexity index is 648. The van der Waals surface area contributed by atoms with E-state index in [1.807, 2.05) is 0 Å². The third-order valence-corrected chi connectivity index (χ3v) is 9.39. The van der Waals surface area contributed by atoms with E-state index in [9.17, 15) is 19.6 Å². The van der Waals surface area contributed by atoms with Gasteiger partial charge in [-0.3, -0.25) is 9.59 Å². The normalized spacial score (nSPS) is 50.5. The minimum absolute atomic E-state index is 0.221. The molecule has 5 heteroatoms. The zero-order valence-electron chi connectivity index (χ0n) is 16.0. The van der Waals surface area contributed by atoms with E-state index in [4.69, 9.17) is 0 Å². The number of aliphatic hydroxyl groups is 1. The van der Waals surface area contributed by atoms with E-state index in [0.717, 1.165) is 44.9 Å². The number of nitrogens with zero attached hydrogens (tertiary/aromatic N) is 1. The lowest BCUT2D eigenvalue weighted by Gasteiger charge is -2.60. The zero-order valence-corrected chi connectivity index (χ0v) is 16.0. The van der Waals surface area contributed by atoms with Crippen LogP contribution in [0.15, 0.2) is 5.18 Å². The fourth-order valence-electron chi connectivity index (χ4n) is 7.85. The maximum atomic E-state index is 12.5. The Labute approximate surface area is 155 Å². The van der Waals surface area contributed by atoms with Crippen LogP contribution >= 0.6 is 0 Å². The number of rotatable bonds is 3. The molecule has 0 spiro atoms. The minimum Gasteiger partial charge on any atom is -0.388 e.